The minimum absolute atomic E-state index is 0.0318. The van der Waals surface area contributed by atoms with E-state index >= 15 is 0 Å². The summed E-state index contributed by atoms with van der Waals surface area (Å²) < 4.78 is 0. The van der Waals surface area contributed by atoms with E-state index in [2.05, 4.69) is 19.6 Å². The molecule has 0 aromatic rings. The fourth-order valence-electron chi connectivity index (χ4n) is 3.82. The molecule has 0 spiro atoms. The Morgan fingerprint density at radius 3 is 0.639 bits per heavy atom. The van der Waals surface area contributed by atoms with Crippen molar-refractivity contribution < 1.29 is 19.2 Å². The minimum atomic E-state index is -0.0318. The zero-order chi connectivity index (χ0) is 27.4. The van der Waals surface area contributed by atoms with Crippen molar-refractivity contribution in [1.82, 2.24) is 19.6 Å². The van der Waals surface area contributed by atoms with Crippen molar-refractivity contribution >= 4 is 23.1 Å². The predicted octanol–water partition coefficient (Wildman–Crippen LogP) is 2.11. The van der Waals surface area contributed by atoms with Gasteiger partial charge in [-0.05, 0) is 0 Å². The van der Waals surface area contributed by atoms with E-state index in [4.69, 9.17) is 0 Å². The summed E-state index contributed by atoms with van der Waals surface area (Å²) in [5, 5.41) is 0. The second-order valence-electron chi connectivity index (χ2n) is 11.6. The predicted molar refractivity (Wildman–Crippen MR) is 145 cm³/mol. The van der Waals surface area contributed by atoms with Gasteiger partial charge in [0.15, 0.2) is 0 Å². The lowest BCUT2D eigenvalue weighted by Crippen LogP contribution is -2.49. The Morgan fingerprint density at radius 2 is 0.528 bits per heavy atom. The lowest BCUT2D eigenvalue weighted by Gasteiger charge is -2.34. The molecule has 0 unspecified atom stereocenters. The van der Waals surface area contributed by atoms with Crippen LogP contribution in [0.15, 0.2) is 0 Å². The number of nitrogens with zero attached hydrogens (tertiary/aromatic N) is 4. The summed E-state index contributed by atoms with van der Waals surface area (Å²) in [7, 11) is 0. The quantitative estimate of drug-likeness (QED) is 0.397. The Labute approximate surface area is 219 Å². The van der Waals surface area contributed by atoms with E-state index in [0.717, 1.165) is 0 Å². The number of ketones is 4. The molecule has 0 radical (unpaired) electrons. The third kappa shape index (κ3) is 12.7. The molecule has 8 heteroatoms. The third-order valence-electron chi connectivity index (χ3n) is 7.02. The highest BCUT2D eigenvalue weighted by Crippen LogP contribution is 2.07. The van der Waals surface area contributed by atoms with Crippen LogP contribution in [-0.2, 0) is 19.2 Å². The van der Waals surface area contributed by atoms with Crippen molar-refractivity contribution in [3.63, 3.8) is 0 Å². The smallest absolute Gasteiger partial charge is 0.149 e. The number of rotatable bonds is 12. The molecule has 1 fully saturated rings. The Kier molecular flexibility index (Phi) is 14.8. The van der Waals surface area contributed by atoms with Crippen LogP contribution in [0.4, 0.5) is 0 Å². The van der Waals surface area contributed by atoms with Gasteiger partial charge in [0.25, 0.3) is 0 Å². The van der Waals surface area contributed by atoms with Crippen LogP contribution in [0.5, 0.6) is 0 Å². The van der Waals surface area contributed by atoms with Gasteiger partial charge in [-0.2, -0.15) is 0 Å². The molecule has 1 saturated heterocycles. The second kappa shape index (κ2) is 16.4. The Balaban J connectivity index is 3.12. The molecule has 1 aliphatic heterocycles. The van der Waals surface area contributed by atoms with Gasteiger partial charge >= 0.3 is 0 Å². The van der Waals surface area contributed by atoms with Gasteiger partial charge in [0, 0.05) is 76.0 Å². The fourth-order valence-corrected chi connectivity index (χ4v) is 3.82. The SMILES string of the molecule is CC(C)C(=O)CN1CCN(CC(=O)C(C)C)CCN(CC(=O)C(C)C)CCN(CC(=O)C(C)C)CC1. The summed E-state index contributed by atoms with van der Waals surface area (Å²) in [6.07, 6.45) is 0. The molecule has 0 aromatic heterocycles. The maximum Gasteiger partial charge on any atom is 0.149 e. The van der Waals surface area contributed by atoms with E-state index in [1.807, 2.05) is 55.4 Å². The summed E-state index contributed by atoms with van der Waals surface area (Å²) in [6.45, 7) is 22.4. The molecule has 1 aliphatic rings. The lowest BCUT2D eigenvalue weighted by molar-refractivity contribution is -0.125. The molecular weight excluding hydrogens is 456 g/mol. The molecule has 0 amide bonds. The van der Waals surface area contributed by atoms with Gasteiger partial charge in [0.2, 0.25) is 0 Å². The third-order valence-corrected chi connectivity index (χ3v) is 7.02. The van der Waals surface area contributed by atoms with Gasteiger partial charge < -0.3 is 0 Å². The maximum atomic E-state index is 12.6. The Hall–Kier alpha value is -1.48. The van der Waals surface area contributed by atoms with Crippen molar-refractivity contribution in [2.75, 3.05) is 78.5 Å². The second-order valence-corrected chi connectivity index (χ2v) is 11.6. The Bertz CT molecular complexity index is 584. The van der Waals surface area contributed by atoms with Crippen LogP contribution >= 0.6 is 0 Å². The van der Waals surface area contributed by atoms with Crippen LogP contribution in [0.2, 0.25) is 0 Å². The van der Waals surface area contributed by atoms with Gasteiger partial charge in [0.1, 0.15) is 23.1 Å². The largest absolute Gasteiger partial charge is 0.298 e. The molecule has 208 valence electrons. The first-order chi connectivity index (χ1) is 16.8. The molecule has 0 N–H and O–H groups in total. The van der Waals surface area contributed by atoms with Gasteiger partial charge in [-0.3, -0.25) is 38.8 Å². The molecule has 8 nitrogen and oxygen atoms in total. The van der Waals surface area contributed by atoms with Crippen molar-refractivity contribution in [3.05, 3.63) is 0 Å². The average Bonchev–Trinajstić information content (AvgIpc) is 2.79. The summed E-state index contributed by atoms with van der Waals surface area (Å²) in [5.41, 5.74) is 0. The summed E-state index contributed by atoms with van der Waals surface area (Å²) in [4.78, 5) is 59.0. The van der Waals surface area contributed by atoms with Gasteiger partial charge in [-0.1, -0.05) is 55.4 Å². The molecule has 0 saturated carbocycles. The van der Waals surface area contributed by atoms with Gasteiger partial charge in [-0.25, -0.2) is 0 Å². The molecule has 36 heavy (non-hydrogen) atoms. The van der Waals surface area contributed by atoms with Crippen LogP contribution < -0.4 is 0 Å². The van der Waals surface area contributed by atoms with Gasteiger partial charge in [-0.15, -0.1) is 0 Å². The summed E-state index contributed by atoms with van der Waals surface area (Å²) in [6, 6.07) is 0. The van der Waals surface area contributed by atoms with Crippen LogP contribution in [0.3, 0.4) is 0 Å². The lowest BCUT2D eigenvalue weighted by atomic mass is 10.1. The molecule has 1 heterocycles. The molecule has 0 aromatic carbocycles. The first kappa shape index (κ1) is 32.5. The zero-order valence-electron chi connectivity index (χ0n) is 24.2. The molecule has 0 bridgehead atoms. The monoisotopic (exact) mass is 508 g/mol. The normalized spacial score (nSPS) is 18.6. The fraction of sp³-hybridized carbons (Fsp3) is 0.857. The number of carbonyl (C=O) groups excluding carboxylic acids is 4. The number of carbonyl (C=O) groups is 4. The number of hydrogen-bond donors (Lipinski definition) is 0. The van der Waals surface area contributed by atoms with E-state index in [1.165, 1.54) is 0 Å². The first-order valence-electron chi connectivity index (χ1n) is 13.8. The molecule has 0 atom stereocenters. The highest BCUT2D eigenvalue weighted by atomic mass is 16.1. The molecule has 0 aliphatic carbocycles. The zero-order valence-corrected chi connectivity index (χ0v) is 24.2. The van der Waals surface area contributed by atoms with E-state index in [9.17, 15) is 19.2 Å². The van der Waals surface area contributed by atoms with E-state index < -0.39 is 0 Å². The standard InChI is InChI=1S/C28H52N4O4/c1-21(2)25(33)17-29-9-11-30(18-26(34)22(3)4)13-15-32(20-28(36)24(7)8)16-14-31(12-10-29)19-27(35)23(5)6/h21-24H,9-20H2,1-8H3. The van der Waals surface area contributed by atoms with Crippen molar-refractivity contribution in [2.45, 2.75) is 55.4 Å². The van der Waals surface area contributed by atoms with E-state index in [1.54, 1.807) is 0 Å². The van der Waals surface area contributed by atoms with Crippen molar-refractivity contribution in [1.29, 1.82) is 0 Å². The van der Waals surface area contributed by atoms with Gasteiger partial charge in [0.05, 0.1) is 26.2 Å². The number of hydrogen-bond acceptors (Lipinski definition) is 8. The van der Waals surface area contributed by atoms with E-state index in [0.29, 0.717) is 78.5 Å². The topological polar surface area (TPSA) is 81.2 Å². The maximum absolute atomic E-state index is 12.6. The Morgan fingerprint density at radius 1 is 0.389 bits per heavy atom. The number of Topliss-reactive ketones (excluding diaryl/α,β-unsaturated/α-hetero) is 4. The van der Waals surface area contributed by atoms with Crippen LogP contribution in [0.25, 0.3) is 0 Å². The first-order valence-corrected chi connectivity index (χ1v) is 13.8. The molecule has 1 rings (SSSR count). The van der Waals surface area contributed by atoms with Crippen LogP contribution in [0.1, 0.15) is 55.4 Å². The van der Waals surface area contributed by atoms with Crippen molar-refractivity contribution in [3.8, 4) is 0 Å². The average molecular weight is 509 g/mol. The highest BCUT2D eigenvalue weighted by molar-refractivity contribution is 5.83. The summed E-state index contributed by atoms with van der Waals surface area (Å²) in [5.74, 6) is 0.688. The minimum Gasteiger partial charge on any atom is -0.298 e. The van der Waals surface area contributed by atoms with Crippen LogP contribution in [-0.4, -0.2) is 121 Å². The van der Waals surface area contributed by atoms with E-state index in [-0.39, 0.29) is 46.8 Å². The molecular formula is C28H52N4O4. The van der Waals surface area contributed by atoms with Crippen molar-refractivity contribution in [2.24, 2.45) is 23.7 Å². The van der Waals surface area contributed by atoms with Crippen LogP contribution in [0, 0.1) is 23.7 Å². The highest BCUT2D eigenvalue weighted by Gasteiger charge is 2.23. The summed E-state index contributed by atoms with van der Waals surface area (Å²) >= 11 is 0.